The molecule has 0 radical (unpaired) electrons. The second kappa shape index (κ2) is 6.30. The fraction of sp³-hybridized carbons (Fsp3) is 0.500. The topological polar surface area (TPSA) is 64.4 Å². The van der Waals surface area contributed by atoms with Crippen molar-refractivity contribution in [1.82, 2.24) is 0 Å². The smallest absolute Gasteiger partial charge is 0.295 e. The number of aryl methyl sites for hydroxylation is 1. The molecule has 0 aliphatic heterocycles. The van der Waals surface area contributed by atoms with Crippen molar-refractivity contribution in [2.24, 2.45) is 0 Å². The van der Waals surface area contributed by atoms with Crippen LogP contribution in [0.2, 0.25) is 0 Å². The molecule has 1 unspecified atom stereocenters. The van der Waals surface area contributed by atoms with E-state index in [9.17, 15) is 14.5 Å². The number of benzene rings is 1. The standard InChI is InChI=1S/C12H17FN2O3/c1-8-6-11(14-9(2)4-5-18-3)12(15(16)17)7-10(8)13/h6-7,9,14H,4-5H2,1-3H3. The predicted molar refractivity (Wildman–Crippen MR) is 67.4 cm³/mol. The van der Waals surface area contributed by atoms with E-state index in [0.717, 1.165) is 6.07 Å². The van der Waals surface area contributed by atoms with E-state index in [1.807, 2.05) is 6.92 Å². The fourth-order valence-corrected chi connectivity index (χ4v) is 1.57. The largest absolute Gasteiger partial charge is 0.385 e. The van der Waals surface area contributed by atoms with Crippen molar-refractivity contribution in [2.75, 3.05) is 19.0 Å². The number of methoxy groups -OCH3 is 1. The van der Waals surface area contributed by atoms with Gasteiger partial charge in [-0.15, -0.1) is 0 Å². The van der Waals surface area contributed by atoms with Crippen LogP contribution in [-0.4, -0.2) is 24.7 Å². The third-order valence-electron chi connectivity index (χ3n) is 2.63. The molecule has 0 saturated carbocycles. The summed E-state index contributed by atoms with van der Waals surface area (Å²) in [5.74, 6) is -0.572. The van der Waals surface area contributed by atoms with Gasteiger partial charge in [0.05, 0.1) is 11.0 Å². The van der Waals surface area contributed by atoms with Gasteiger partial charge in [-0.25, -0.2) is 4.39 Å². The molecular formula is C12H17FN2O3. The summed E-state index contributed by atoms with van der Waals surface area (Å²) in [5, 5.41) is 13.9. The average molecular weight is 256 g/mol. The Labute approximate surface area is 105 Å². The molecule has 6 heteroatoms. The van der Waals surface area contributed by atoms with Gasteiger partial charge >= 0.3 is 0 Å². The van der Waals surface area contributed by atoms with Crippen molar-refractivity contribution in [2.45, 2.75) is 26.3 Å². The molecule has 0 bridgehead atoms. The molecule has 0 heterocycles. The number of nitro benzene ring substituents is 1. The highest BCUT2D eigenvalue weighted by Gasteiger charge is 2.18. The highest BCUT2D eigenvalue weighted by molar-refractivity contribution is 5.63. The Morgan fingerprint density at radius 3 is 2.78 bits per heavy atom. The number of anilines is 1. The van der Waals surface area contributed by atoms with Crippen LogP contribution in [0.4, 0.5) is 15.8 Å². The zero-order valence-electron chi connectivity index (χ0n) is 10.7. The molecule has 0 spiro atoms. The zero-order valence-corrected chi connectivity index (χ0v) is 10.7. The summed E-state index contributed by atoms with van der Waals surface area (Å²) in [4.78, 5) is 10.3. The van der Waals surface area contributed by atoms with Gasteiger partial charge in [0.25, 0.3) is 5.69 Å². The first-order valence-electron chi connectivity index (χ1n) is 5.65. The van der Waals surface area contributed by atoms with Crippen molar-refractivity contribution < 1.29 is 14.1 Å². The third-order valence-corrected chi connectivity index (χ3v) is 2.63. The van der Waals surface area contributed by atoms with E-state index in [0.29, 0.717) is 24.3 Å². The van der Waals surface area contributed by atoms with Crippen molar-refractivity contribution >= 4 is 11.4 Å². The maximum absolute atomic E-state index is 13.3. The van der Waals surface area contributed by atoms with Crippen LogP contribution in [0.3, 0.4) is 0 Å². The maximum atomic E-state index is 13.3. The van der Waals surface area contributed by atoms with Crippen LogP contribution in [0.1, 0.15) is 18.9 Å². The van der Waals surface area contributed by atoms with Gasteiger partial charge in [0.15, 0.2) is 0 Å². The Morgan fingerprint density at radius 1 is 1.56 bits per heavy atom. The molecular weight excluding hydrogens is 239 g/mol. The highest BCUT2D eigenvalue weighted by atomic mass is 19.1. The molecule has 0 amide bonds. The lowest BCUT2D eigenvalue weighted by molar-refractivity contribution is -0.384. The maximum Gasteiger partial charge on any atom is 0.295 e. The Hall–Kier alpha value is -1.69. The summed E-state index contributed by atoms with van der Waals surface area (Å²) in [6.45, 7) is 4.02. The highest BCUT2D eigenvalue weighted by Crippen LogP contribution is 2.28. The summed E-state index contributed by atoms with van der Waals surface area (Å²) >= 11 is 0. The molecule has 5 nitrogen and oxygen atoms in total. The molecule has 0 fully saturated rings. The van der Waals surface area contributed by atoms with Gasteiger partial charge in [-0.2, -0.15) is 0 Å². The van der Waals surface area contributed by atoms with Crippen molar-refractivity contribution in [3.63, 3.8) is 0 Å². The summed E-state index contributed by atoms with van der Waals surface area (Å²) in [5.41, 5.74) is 0.465. The van der Waals surface area contributed by atoms with Crippen LogP contribution in [0, 0.1) is 22.9 Å². The Balaban J connectivity index is 2.93. The molecule has 0 aliphatic carbocycles. The molecule has 1 aromatic carbocycles. The van der Waals surface area contributed by atoms with E-state index in [4.69, 9.17) is 4.74 Å². The van der Waals surface area contributed by atoms with Crippen LogP contribution < -0.4 is 5.32 Å². The summed E-state index contributed by atoms with van der Waals surface area (Å²) in [6.07, 6.45) is 0.712. The minimum atomic E-state index is -0.589. The van der Waals surface area contributed by atoms with Gasteiger partial charge in [0, 0.05) is 19.8 Å². The van der Waals surface area contributed by atoms with Crippen LogP contribution in [-0.2, 0) is 4.74 Å². The number of hydrogen-bond donors (Lipinski definition) is 1. The van der Waals surface area contributed by atoms with Crippen molar-refractivity contribution in [3.05, 3.63) is 33.6 Å². The van der Waals surface area contributed by atoms with Gasteiger partial charge in [0.1, 0.15) is 11.5 Å². The van der Waals surface area contributed by atoms with Crippen LogP contribution >= 0.6 is 0 Å². The lowest BCUT2D eigenvalue weighted by atomic mass is 10.1. The zero-order chi connectivity index (χ0) is 13.7. The minimum Gasteiger partial charge on any atom is -0.385 e. The summed E-state index contributed by atoms with van der Waals surface area (Å²) in [7, 11) is 1.59. The number of rotatable bonds is 6. The van der Waals surface area contributed by atoms with E-state index >= 15 is 0 Å². The number of ether oxygens (including phenoxy) is 1. The molecule has 1 N–H and O–H groups in total. The molecule has 1 rings (SSSR count). The van der Waals surface area contributed by atoms with Crippen molar-refractivity contribution in [1.29, 1.82) is 0 Å². The molecule has 1 atom stereocenters. The number of hydrogen-bond acceptors (Lipinski definition) is 4. The van der Waals surface area contributed by atoms with E-state index in [2.05, 4.69) is 5.32 Å². The fourth-order valence-electron chi connectivity index (χ4n) is 1.57. The Bertz CT molecular complexity index is 438. The predicted octanol–water partition coefficient (Wildman–Crippen LogP) is 2.88. The monoisotopic (exact) mass is 256 g/mol. The average Bonchev–Trinajstić information content (AvgIpc) is 2.30. The number of nitrogens with zero attached hydrogens (tertiary/aromatic N) is 1. The number of nitro groups is 1. The minimum absolute atomic E-state index is 0.00788. The SMILES string of the molecule is COCCC(C)Nc1cc(C)c(F)cc1[N+](=O)[O-]. The second-order valence-corrected chi connectivity index (χ2v) is 4.20. The molecule has 18 heavy (non-hydrogen) atoms. The quantitative estimate of drug-likeness (QED) is 0.628. The van der Waals surface area contributed by atoms with Crippen LogP contribution in [0.25, 0.3) is 0 Å². The summed E-state index contributed by atoms with van der Waals surface area (Å²) in [6, 6.07) is 2.41. The van der Waals surface area contributed by atoms with Gasteiger partial charge in [-0.3, -0.25) is 10.1 Å². The molecule has 100 valence electrons. The number of halogens is 1. The van der Waals surface area contributed by atoms with Gasteiger partial charge in [-0.1, -0.05) is 0 Å². The molecule has 0 aromatic heterocycles. The van der Waals surface area contributed by atoms with E-state index in [1.54, 1.807) is 14.0 Å². The molecule has 1 aromatic rings. The lowest BCUT2D eigenvalue weighted by Crippen LogP contribution is -2.18. The van der Waals surface area contributed by atoms with Gasteiger partial charge < -0.3 is 10.1 Å². The summed E-state index contributed by atoms with van der Waals surface area (Å²) < 4.78 is 18.2. The first-order chi connectivity index (χ1) is 8.45. The third kappa shape index (κ3) is 3.66. The van der Waals surface area contributed by atoms with Crippen molar-refractivity contribution in [3.8, 4) is 0 Å². The normalized spacial score (nSPS) is 12.2. The lowest BCUT2D eigenvalue weighted by Gasteiger charge is -2.15. The Kier molecular flexibility index (Phi) is 5.03. The second-order valence-electron chi connectivity index (χ2n) is 4.20. The van der Waals surface area contributed by atoms with E-state index in [-0.39, 0.29) is 11.7 Å². The van der Waals surface area contributed by atoms with E-state index in [1.165, 1.54) is 6.07 Å². The molecule has 0 saturated heterocycles. The first kappa shape index (κ1) is 14.4. The Morgan fingerprint density at radius 2 is 2.22 bits per heavy atom. The van der Waals surface area contributed by atoms with Gasteiger partial charge in [-0.05, 0) is 31.9 Å². The first-order valence-corrected chi connectivity index (χ1v) is 5.65. The van der Waals surface area contributed by atoms with E-state index < -0.39 is 10.7 Å². The van der Waals surface area contributed by atoms with Gasteiger partial charge in [0.2, 0.25) is 0 Å². The number of nitrogens with one attached hydrogen (secondary N) is 1. The van der Waals surface area contributed by atoms with Crippen LogP contribution in [0.15, 0.2) is 12.1 Å². The molecule has 0 aliphatic rings. The van der Waals surface area contributed by atoms with Crippen LogP contribution in [0.5, 0.6) is 0 Å².